The van der Waals surface area contributed by atoms with Crippen LogP contribution in [0.3, 0.4) is 0 Å². The van der Waals surface area contributed by atoms with Crippen molar-refractivity contribution in [3.05, 3.63) is 23.8 Å². The summed E-state index contributed by atoms with van der Waals surface area (Å²) in [6.07, 6.45) is 2.32. The van der Waals surface area contributed by atoms with Gasteiger partial charge in [0.05, 0.1) is 12.7 Å². The number of rotatable bonds is 6. The Morgan fingerprint density at radius 2 is 2.21 bits per heavy atom. The van der Waals surface area contributed by atoms with Gasteiger partial charge >= 0.3 is 0 Å². The molecule has 0 aliphatic heterocycles. The topological polar surface area (TPSA) is 81.4 Å². The van der Waals surface area contributed by atoms with Crippen molar-refractivity contribution in [2.24, 2.45) is 0 Å². The van der Waals surface area contributed by atoms with Crippen molar-refractivity contribution >= 4 is 22.4 Å². The lowest BCUT2D eigenvalue weighted by Gasteiger charge is -2.15. The molecule has 0 bridgehead atoms. The van der Waals surface area contributed by atoms with Crippen molar-refractivity contribution in [3.63, 3.8) is 0 Å². The number of carbonyl (C=O) groups excluding carboxylic acids is 1. The van der Waals surface area contributed by atoms with Crippen LogP contribution in [0.4, 0.5) is 5.69 Å². The predicted molar refractivity (Wildman–Crippen MR) is 77.9 cm³/mol. The third-order valence-corrected chi connectivity index (χ3v) is 3.50. The molecule has 0 saturated carbocycles. The first-order valence-corrected chi connectivity index (χ1v) is 7.71. The van der Waals surface area contributed by atoms with Gasteiger partial charge in [-0.05, 0) is 25.5 Å². The predicted octanol–water partition coefficient (Wildman–Crippen LogP) is 1.16. The molecule has 0 aromatic heterocycles. The Morgan fingerprint density at radius 3 is 2.79 bits per heavy atom. The second-order valence-electron chi connectivity index (χ2n) is 4.40. The molecule has 6 heteroatoms. The molecule has 2 atom stereocenters. The molecule has 1 aromatic carbocycles. The minimum atomic E-state index is -0.847. The largest absolute Gasteiger partial charge is 0.496 e. The fraction of sp³-hybridized carbons (Fsp3) is 0.462. The number of carbonyl (C=O) groups is 1. The summed E-state index contributed by atoms with van der Waals surface area (Å²) in [7, 11) is 0.648. The number of nitrogens with one attached hydrogen (secondary N) is 1. The van der Waals surface area contributed by atoms with Gasteiger partial charge in [-0.2, -0.15) is 0 Å². The summed E-state index contributed by atoms with van der Waals surface area (Å²) >= 11 is 0. The Kier molecular flexibility index (Phi) is 5.82. The molecule has 0 heterocycles. The lowest BCUT2D eigenvalue weighted by molar-refractivity contribution is 0.0936. The summed E-state index contributed by atoms with van der Waals surface area (Å²) in [6.45, 7) is 1.88. The third kappa shape index (κ3) is 4.90. The van der Waals surface area contributed by atoms with Crippen molar-refractivity contribution < 1.29 is 13.7 Å². The summed E-state index contributed by atoms with van der Waals surface area (Å²) in [6, 6.07) is 4.86. The number of benzene rings is 1. The first kappa shape index (κ1) is 15.5. The second-order valence-corrected chi connectivity index (χ2v) is 5.95. The minimum absolute atomic E-state index is 0.0429. The van der Waals surface area contributed by atoms with Crippen LogP contribution in [-0.2, 0) is 10.8 Å². The third-order valence-electron chi connectivity index (χ3n) is 2.69. The molecule has 106 valence electrons. The van der Waals surface area contributed by atoms with Gasteiger partial charge in [0.2, 0.25) is 0 Å². The highest BCUT2D eigenvalue weighted by Crippen LogP contribution is 2.21. The van der Waals surface area contributed by atoms with Gasteiger partial charge in [0, 0.05) is 40.6 Å². The highest BCUT2D eigenvalue weighted by molar-refractivity contribution is 7.84. The monoisotopic (exact) mass is 284 g/mol. The molecular formula is C13H20N2O3S. The van der Waals surface area contributed by atoms with E-state index in [0.717, 1.165) is 0 Å². The van der Waals surface area contributed by atoms with Crippen LogP contribution >= 0.6 is 0 Å². The average Bonchev–Trinajstić information content (AvgIpc) is 2.35. The quantitative estimate of drug-likeness (QED) is 0.768. The minimum Gasteiger partial charge on any atom is -0.496 e. The zero-order valence-electron chi connectivity index (χ0n) is 11.4. The van der Waals surface area contributed by atoms with E-state index in [-0.39, 0.29) is 11.9 Å². The number of hydrogen-bond acceptors (Lipinski definition) is 4. The van der Waals surface area contributed by atoms with Crippen LogP contribution in [0.15, 0.2) is 18.2 Å². The molecular weight excluding hydrogens is 264 g/mol. The lowest BCUT2D eigenvalue weighted by Crippen LogP contribution is -2.33. The summed E-state index contributed by atoms with van der Waals surface area (Å²) in [5.74, 6) is 0.801. The van der Waals surface area contributed by atoms with Gasteiger partial charge in [-0.25, -0.2) is 0 Å². The molecule has 0 aliphatic carbocycles. The molecule has 19 heavy (non-hydrogen) atoms. The maximum absolute atomic E-state index is 12.1. The van der Waals surface area contributed by atoms with E-state index in [1.165, 1.54) is 7.11 Å². The first-order chi connectivity index (χ1) is 8.93. The van der Waals surface area contributed by atoms with Crippen molar-refractivity contribution in [2.45, 2.75) is 19.4 Å². The Balaban J connectivity index is 2.70. The summed E-state index contributed by atoms with van der Waals surface area (Å²) < 4.78 is 16.1. The molecule has 0 saturated heterocycles. The molecule has 0 radical (unpaired) electrons. The number of anilines is 1. The van der Waals surface area contributed by atoms with E-state index in [1.807, 2.05) is 6.92 Å². The second kappa shape index (κ2) is 7.13. The van der Waals surface area contributed by atoms with E-state index < -0.39 is 10.8 Å². The SMILES string of the molecule is COc1cc(N)ccc1C(=O)NC(C)CCS(C)=O. The Hall–Kier alpha value is -1.56. The summed E-state index contributed by atoms with van der Waals surface area (Å²) in [4.78, 5) is 12.1. The fourth-order valence-electron chi connectivity index (χ4n) is 1.61. The number of amides is 1. The van der Waals surface area contributed by atoms with Gasteiger partial charge in [0.1, 0.15) is 5.75 Å². The molecule has 5 nitrogen and oxygen atoms in total. The van der Waals surface area contributed by atoms with Crippen molar-refractivity contribution in [2.75, 3.05) is 24.9 Å². The maximum Gasteiger partial charge on any atom is 0.255 e. The fourth-order valence-corrected chi connectivity index (χ4v) is 2.30. The van der Waals surface area contributed by atoms with E-state index in [9.17, 15) is 9.00 Å². The normalized spacial score (nSPS) is 13.6. The highest BCUT2D eigenvalue weighted by Gasteiger charge is 2.14. The van der Waals surface area contributed by atoms with Crippen LogP contribution < -0.4 is 15.8 Å². The molecule has 0 fully saturated rings. The van der Waals surface area contributed by atoms with Crippen LogP contribution in [0.2, 0.25) is 0 Å². The van der Waals surface area contributed by atoms with E-state index in [2.05, 4.69) is 5.32 Å². The Labute approximate surface area is 116 Å². The van der Waals surface area contributed by atoms with E-state index in [0.29, 0.717) is 29.2 Å². The van der Waals surface area contributed by atoms with Crippen molar-refractivity contribution in [1.29, 1.82) is 0 Å². The number of methoxy groups -OCH3 is 1. The van der Waals surface area contributed by atoms with Gasteiger partial charge < -0.3 is 15.8 Å². The van der Waals surface area contributed by atoms with Gasteiger partial charge in [0.15, 0.2) is 0 Å². The van der Waals surface area contributed by atoms with E-state index in [4.69, 9.17) is 10.5 Å². The Bertz CT molecular complexity index is 477. The zero-order chi connectivity index (χ0) is 14.4. The maximum atomic E-state index is 12.1. The van der Waals surface area contributed by atoms with Crippen molar-refractivity contribution in [3.8, 4) is 5.75 Å². The average molecular weight is 284 g/mol. The van der Waals surface area contributed by atoms with Crippen LogP contribution in [0, 0.1) is 0 Å². The first-order valence-electron chi connectivity index (χ1n) is 5.98. The van der Waals surface area contributed by atoms with Gasteiger partial charge in [-0.15, -0.1) is 0 Å². The molecule has 1 rings (SSSR count). The number of nitrogens with two attached hydrogens (primary N) is 1. The zero-order valence-corrected chi connectivity index (χ0v) is 12.3. The lowest BCUT2D eigenvalue weighted by atomic mass is 10.1. The van der Waals surface area contributed by atoms with Crippen LogP contribution in [0.25, 0.3) is 0 Å². The highest BCUT2D eigenvalue weighted by atomic mass is 32.2. The number of nitrogen functional groups attached to an aromatic ring is 1. The van der Waals surface area contributed by atoms with Crippen LogP contribution in [0.1, 0.15) is 23.7 Å². The van der Waals surface area contributed by atoms with Gasteiger partial charge in [0.25, 0.3) is 5.91 Å². The molecule has 1 aromatic rings. The molecule has 0 spiro atoms. The van der Waals surface area contributed by atoms with Gasteiger partial charge in [-0.1, -0.05) is 0 Å². The van der Waals surface area contributed by atoms with Crippen molar-refractivity contribution in [1.82, 2.24) is 5.32 Å². The number of ether oxygens (including phenoxy) is 1. The van der Waals surface area contributed by atoms with Crippen LogP contribution in [-0.4, -0.2) is 35.3 Å². The Morgan fingerprint density at radius 1 is 1.53 bits per heavy atom. The molecule has 1 amide bonds. The summed E-state index contributed by atoms with van der Waals surface area (Å²) in [5.41, 5.74) is 6.63. The standard InChI is InChI=1S/C13H20N2O3S/c1-9(6-7-19(3)17)15-13(16)11-5-4-10(14)8-12(11)18-2/h4-5,8-9H,6-7,14H2,1-3H3,(H,15,16). The molecule has 0 aliphatic rings. The van der Waals surface area contributed by atoms with E-state index in [1.54, 1.807) is 24.5 Å². The molecule has 2 unspecified atom stereocenters. The van der Waals surface area contributed by atoms with Crippen LogP contribution in [0.5, 0.6) is 5.75 Å². The van der Waals surface area contributed by atoms with E-state index >= 15 is 0 Å². The molecule has 3 N–H and O–H groups in total. The van der Waals surface area contributed by atoms with Gasteiger partial charge in [-0.3, -0.25) is 9.00 Å². The smallest absolute Gasteiger partial charge is 0.255 e. The summed E-state index contributed by atoms with van der Waals surface area (Å²) in [5, 5.41) is 2.85. The number of hydrogen-bond donors (Lipinski definition) is 2.